The molecule has 1 heterocycles. The van der Waals surface area contributed by atoms with Gasteiger partial charge in [0.1, 0.15) is 28.6 Å². The monoisotopic (exact) mass is 450 g/mol. The van der Waals surface area contributed by atoms with Crippen LogP contribution in [0.4, 0.5) is 0 Å². The molecule has 0 atom stereocenters. The number of rotatable bonds is 5. The molecule has 3 aromatic rings. The molecule has 0 saturated carbocycles. The standard InChI is InChI=1S/C25H19ClO6/c1-14-18(32-25(28)22-19(29-2)9-6-10-20(22)30-3)12-11-16-23(27)21(31-24(14)16)13-15-7-4-5-8-17(15)26/h4-13H,1-3H3/b21-13-. The molecule has 0 aromatic heterocycles. The van der Waals surface area contributed by atoms with Crippen molar-refractivity contribution in [2.24, 2.45) is 0 Å². The number of allylic oxidation sites excluding steroid dienone is 1. The van der Waals surface area contributed by atoms with Crippen molar-refractivity contribution < 1.29 is 28.5 Å². The molecule has 0 unspecified atom stereocenters. The average Bonchev–Trinajstić information content (AvgIpc) is 3.12. The molecule has 7 heteroatoms. The first-order valence-electron chi connectivity index (χ1n) is 9.70. The number of halogens is 1. The Bertz CT molecular complexity index is 1240. The van der Waals surface area contributed by atoms with Crippen molar-refractivity contribution in [1.29, 1.82) is 0 Å². The van der Waals surface area contributed by atoms with Crippen LogP contribution in [-0.4, -0.2) is 26.0 Å². The number of ether oxygens (including phenoxy) is 4. The highest BCUT2D eigenvalue weighted by Gasteiger charge is 2.31. The number of fused-ring (bicyclic) bond motifs is 1. The zero-order valence-corrected chi connectivity index (χ0v) is 18.4. The Morgan fingerprint density at radius 1 is 0.938 bits per heavy atom. The summed E-state index contributed by atoms with van der Waals surface area (Å²) in [4.78, 5) is 25.7. The van der Waals surface area contributed by atoms with Crippen molar-refractivity contribution in [1.82, 2.24) is 0 Å². The van der Waals surface area contributed by atoms with E-state index in [4.69, 9.17) is 30.5 Å². The number of ketones is 1. The molecule has 0 amide bonds. The normalized spacial score (nSPS) is 13.5. The largest absolute Gasteiger partial charge is 0.496 e. The highest BCUT2D eigenvalue weighted by atomic mass is 35.5. The molecule has 1 aliphatic rings. The van der Waals surface area contributed by atoms with Gasteiger partial charge < -0.3 is 18.9 Å². The molecule has 0 saturated heterocycles. The number of hydrogen-bond acceptors (Lipinski definition) is 6. The number of methoxy groups -OCH3 is 2. The van der Waals surface area contributed by atoms with Crippen molar-refractivity contribution in [2.75, 3.05) is 14.2 Å². The Kier molecular flexibility index (Phi) is 5.88. The summed E-state index contributed by atoms with van der Waals surface area (Å²) in [5.41, 5.74) is 1.72. The minimum absolute atomic E-state index is 0.145. The number of esters is 1. The van der Waals surface area contributed by atoms with E-state index in [2.05, 4.69) is 0 Å². The summed E-state index contributed by atoms with van der Waals surface area (Å²) in [6.07, 6.45) is 1.59. The quantitative estimate of drug-likeness (QED) is 0.290. The lowest BCUT2D eigenvalue weighted by Crippen LogP contribution is -2.12. The third kappa shape index (κ3) is 3.81. The second-order valence-corrected chi connectivity index (χ2v) is 7.36. The first-order valence-corrected chi connectivity index (χ1v) is 10.1. The maximum atomic E-state index is 12.9. The molecule has 0 spiro atoms. The third-order valence-corrected chi connectivity index (χ3v) is 5.41. The van der Waals surface area contributed by atoms with Crippen LogP contribution in [0.1, 0.15) is 31.8 Å². The number of benzene rings is 3. The molecular weight excluding hydrogens is 432 g/mol. The van der Waals surface area contributed by atoms with Crippen molar-refractivity contribution in [3.63, 3.8) is 0 Å². The SMILES string of the molecule is COc1cccc(OC)c1C(=O)Oc1ccc2c(c1C)O/C(=C\c1ccccc1Cl)C2=O. The second-order valence-electron chi connectivity index (χ2n) is 6.95. The van der Waals surface area contributed by atoms with E-state index in [1.807, 2.05) is 6.07 Å². The first kappa shape index (κ1) is 21.5. The van der Waals surface area contributed by atoms with Crippen LogP contribution in [0.25, 0.3) is 6.08 Å². The van der Waals surface area contributed by atoms with Gasteiger partial charge in [0.2, 0.25) is 5.78 Å². The van der Waals surface area contributed by atoms with Crippen LogP contribution in [0.15, 0.2) is 60.4 Å². The van der Waals surface area contributed by atoms with E-state index in [9.17, 15) is 9.59 Å². The van der Waals surface area contributed by atoms with Crippen LogP contribution in [0, 0.1) is 6.92 Å². The summed E-state index contributed by atoms with van der Waals surface area (Å²) in [5, 5.41) is 0.504. The molecule has 0 bridgehead atoms. The van der Waals surface area contributed by atoms with Crippen LogP contribution in [0.3, 0.4) is 0 Å². The summed E-state index contributed by atoms with van der Waals surface area (Å²) < 4.78 is 22.0. The molecular formula is C25H19ClO6. The first-order chi connectivity index (χ1) is 15.4. The maximum Gasteiger partial charge on any atom is 0.351 e. The molecule has 0 fully saturated rings. The topological polar surface area (TPSA) is 71.1 Å². The number of carbonyl (C=O) groups excluding carboxylic acids is 2. The predicted octanol–water partition coefficient (Wildman–Crippen LogP) is 5.50. The van der Waals surface area contributed by atoms with Crippen LogP contribution < -0.4 is 18.9 Å². The summed E-state index contributed by atoms with van der Waals surface area (Å²) in [6.45, 7) is 1.71. The van der Waals surface area contributed by atoms with Gasteiger partial charge >= 0.3 is 5.97 Å². The van der Waals surface area contributed by atoms with Gasteiger partial charge in [0.05, 0.1) is 19.8 Å². The smallest absolute Gasteiger partial charge is 0.351 e. The average molecular weight is 451 g/mol. The zero-order chi connectivity index (χ0) is 22.8. The predicted molar refractivity (Wildman–Crippen MR) is 120 cm³/mol. The molecule has 4 rings (SSSR count). The van der Waals surface area contributed by atoms with E-state index in [0.29, 0.717) is 39.0 Å². The van der Waals surface area contributed by atoms with Crippen LogP contribution in [-0.2, 0) is 0 Å². The van der Waals surface area contributed by atoms with Crippen LogP contribution >= 0.6 is 11.6 Å². The van der Waals surface area contributed by atoms with Gasteiger partial charge in [-0.15, -0.1) is 0 Å². The van der Waals surface area contributed by atoms with Crippen LogP contribution in [0.5, 0.6) is 23.0 Å². The number of carbonyl (C=O) groups is 2. The maximum absolute atomic E-state index is 12.9. The van der Waals surface area contributed by atoms with E-state index in [0.717, 1.165) is 0 Å². The third-order valence-electron chi connectivity index (χ3n) is 5.06. The van der Waals surface area contributed by atoms with Crippen molar-refractivity contribution in [3.05, 3.63) is 87.6 Å². The fourth-order valence-corrected chi connectivity index (χ4v) is 3.61. The molecule has 0 aliphatic carbocycles. The van der Waals surface area contributed by atoms with Gasteiger partial charge in [-0.1, -0.05) is 35.9 Å². The Morgan fingerprint density at radius 3 is 2.28 bits per heavy atom. The highest BCUT2D eigenvalue weighted by Crippen LogP contribution is 2.40. The van der Waals surface area contributed by atoms with Gasteiger partial charge in [-0.3, -0.25) is 4.79 Å². The number of Topliss-reactive ketones (excluding diaryl/α,β-unsaturated/α-hetero) is 1. The molecule has 162 valence electrons. The van der Waals surface area contributed by atoms with E-state index in [1.165, 1.54) is 14.2 Å². The van der Waals surface area contributed by atoms with Gasteiger partial charge in [-0.2, -0.15) is 0 Å². The van der Waals surface area contributed by atoms with Gasteiger partial charge in [0.25, 0.3) is 0 Å². The van der Waals surface area contributed by atoms with Gasteiger partial charge in [0.15, 0.2) is 5.76 Å². The molecule has 3 aromatic carbocycles. The highest BCUT2D eigenvalue weighted by molar-refractivity contribution is 6.32. The Balaban J connectivity index is 1.66. The molecule has 6 nitrogen and oxygen atoms in total. The lowest BCUT2D eigenvalue weighted by atomic mass is 10.1. The van der Waals surface area contributed by atoms with Crippen molar-refractivity contribution in [3.8, 4) is 23.0 Å². The Morgan fingerprint density at radius 2 is 1.62 bits per heavy atom. The summed E-state index contributed by atoms with van der Waals surface area (Å²) in [7, 11) is 2.91. The molecule has 0 radical (unpaired) electrons. The van der Waals surface area contributed by atoms with Crippen LogP contribution in [0.2, 0.25) is 5.02 Å². The zero-order valence-electron chi connectivity index (χ0n) is 17.6. The van der Waals surface area contributed by atoms with E-state index in [-0.39, 0.29) is 22.9 Å². The lowest BCUT2D eigenvalue weighted by molar-refractivity contribution is 0.0726. The number of hydrogen-bond donors (Lipinski definition) is 0. The van der Waals surface area contributed by atoms with Gasteiger partial charge in [0, 0.05) is 10.6 Å². The molecule has 1 aliphatic heterocycles. The Labute approximate surface area is 189 Å². The summed E-state index contributed by atoms with van der Waals surface area (Å²) in [5.74, 6) is 0.463. The van der Waals surface area contributed by atoms with Crippen molar-refractivity contribution in [2.45, 2.75) is 6.92 Å². The minimum Gasteiger partial charge on any atom is -0.496 e. The fourth-order valence-electron chi connectivity index (χ4n) is 3.42. The van der Waals surface area contributed by atoms with Gasteiger partial charge in [-0.25, -0.2) is 4.79 Å². The van der Waals surface area contributed by atoms with E-state index >= 15 is 0 Å². The summed E-state index contributed by atoms with van der Waals surface area (Å²) >= 11 is 6.19. The van der Waals surface area contributed by atoms with E-state index in [1.54, 1.807) is 61.5 Å². The second kappa shape index (κ2) is 8.77. The molecule has 0 N–H and O–H groups in total. The molecule has 32 heavy (non-hydrogen) atoms. The summed E-state index contributed by atoms with van der Waals surface area (Å²) in [6, 6.07) is 15.3. The Hall–Kier alpha value is -3.77. The van der Waals surface area contributed by atoms with E-state index < -0.39 is 5.97 Å². The minimum atomic E-state index is -0.654. The fraction of sp³-hybridized carbons (Fsp3) is 0.120. The van der Waals surface area contributed by atoms with Gasteiger partial charge in [-0.05, 0) is 48.9 Å². The lowest BCUT2D eigenvalue weighted by Gasteiger charge is -2.14. The van der Waals surface area contributed by atoms with Crippen molar-refractivity contribution >= 4 is 29.4 Å².